The number of aliphatic imine (C=N–C) groups is 1. The number of rotatable bonds is 6. The summed E-state index contributed by atoms with van der Waals surface area (Å²) in [6.45, 7) is 1.99. The first-order chi connectivity index (χ1) is 16.5. The van der Waals surface area contributed by atoms with Crippen molar-refractivity contribution in [3.63, 3.8) is 0 Å². The average Bonchev–Trinajstić information content (AvgIpc) is 3.27. The van der Waals surface area contributed by atoms with Gasteiger partial charge in [0.25, 0.3) is 5.69 Å². The van der Waals surface area contributed by atoms with Crippen LogP contribution in [0.25, 0.3) is 33.3 Å². The van der Waals surface area contributed by atoms with E-state index in [0.29, 0.717) is 22.7 Å². The van der Waals surface area contributed by atoms with E-state index in [1.807, 2.05) is 42.5 Å². The summed E-state index contributed by atoms with van der Waals surface area (Å²) < 4.78 is 11.2. The second-order valence-corrected chi connectivity index (χ2v) is 7.56. The summed E-state index contributed by atoms with van der Waals surface area (Å²) in [5, 5.41) is 23.9. The number of hydrogen-bond donors (Lipinski definition) is 1. The van der Waals surface area contributed by atoms with Gasteiger partial charge in [0.2, 0.25) is 5.89 Å². The van der Waals surface area contributed by atoms with Crippen LogP contribution in [0.3, 0.4) is 0 Å². The number of benzene rings is 4. The third-order valence-electron chi connectivity index (χ3n) is 5.32. The first-order valence-corrected chi connectivity index (χ1v) is 10.6. The molecule has 0 saturated carbocycles. The highest BCUT2D eigenvalue weighted by atomic mass is 16.6. The molecule has 0 bridgehead atoms. The van der Waals surface area contributed by atoms with E-state index in [0.717, 1.165) is 16.3 Å². The Balaban J connectivity index is 1.48. The first kappa shape index (κ1) is 21.1. The van der Waals surface area contributed by atoms with Gasteiger partial charge < -0.3 is 14.3 Å². The van der Waals surface area contributed by atoms with E-state index in [-0.39, 0.29) is 29.4 Å². The standard InChI is InChI=1S/C26H19N3O5/c1-2-33-24-14-21(29(31)32)12-19(25(24)30)15-27-20-9-10-23-22(13-20)28-26(34-23)18-8-7-16-5-3-4-6-17(16)11-18/h3-15,30H,2H2,1H3. The number of nitro groups is 1. The van der Waals surface area contributed by atoms with E-state index in [9.17, 15) is 15.2 Å². The molecule has 0 aliphatic rings. The molecule has 0 unspecified atom stereocenters. The Kier molecular flexibility index (Phi) is 5.39. The third-order valence-corrected chi connectivity index (χ3v) is 5.32. The number of oxazole rings is 1. The Hall–Kier alpha value is -4.72. The summed E-state index contributed by atoms with van der Waals surface area (Å²) in [7, 11) is 0. The monoisotopic (exact) mass is 453 g/mol. The van der Waals surface area contributed by atoms with Crippen molar-refractivity contribution in [2.45, 2.75) is 6.92 Å². The van der Waals surface area contributed by atoms with Gasteiger partial charge in [-0.2, -0.15) is 0 Å². The normalized spacial score (nSPS) is 11.4. The van der Waals surface area contributed by atoms with Crippen LogP contribution in [0, 0.1) is 10.1 Å². The highest BCUT2D eigenvalue weighted by molar-refractivity contribution is 5.90. The molecule has 0 spiro atoms. The predicted octanol–water partition coefficient (Wildman–Crippen LogP) is 6.41. The average molecular weight is 453 g/mol. The van der Waals surface area contributed by atoms with E-state index in [4.69, 9.17) is 9.15 Å². The largest absolute Gasteiger partial charge is 0.504 e. The Labute approximate surface area is 193 Å². The molecule has 1 aromatic heterocycles. The summed E-state index contributed by atoms with van der Waals surface area (Å²) in [5.41, 5.74) is 2.62. The molecule has 0 fully saturated rings. The lowest BCUT2D eigenvalue weighted by Gasteiger charge is -2.07. The van der Waals surface area contributed by atoms with Crippen molar-refractivity contribution in [1.82, 2.24) is 4.98 Å². The molecule has 5 rings (SSSR count). The van der Waals surface area contributed by atoms with Crippen LogP contribution in [0.1, 0.15) is 12.5 Å². The molecular weight excluding hydrogens is 434 g/mol. The van der Waals surface area contributed by atoms with Crippen molar-refractivity contribution in [1.29, 1.82) is 0 Å². The van der Waals surface area contributed by atoms with E-state index < -0.39 is 4.92 Å². The number of nitrogens with zero attached hydrogens (tertiary/aromatic N) is 3. The molecule has 0 radical (unpaired) electrons. The van der Waals surface area contributed by atoms with Gasteiger partial charge in [-0.05, 0) is 48.0 Å². The van der Waals surface area contributed by atoms with Crippen LogP contribution in [0.5, 0.6) is 11.5 Å². The number of nitro benzene ring substituents is 1. The number of fused-ring (bicyclic) bond motifs is 2. The lowest BCUT2D eigenvalue weighted by Crippen LogP contribution is -1.97. The van der Waals surface area contributed by atoms with Crippen molar-refractivity contribution in [2.24, 2.45) is 4.99 Å². The van der Waals surface area contributed by atoms with E-state index in [2.05, 4.69) is 9.98 Å². The smallest absolute Gasteiger partial charge is 0.274 e. The molecule has 1 heterocycles. The van der Waals surface area contributed by atoms with E-state index >= 15 is 0 Å². The first-order valence-electron chi connectivity index (χ1n) is 10.6. The summed E-state index contributed by atoms with van der Waals surface area (Å²) >= 11 is 0. The van der Waals surface area contributed by atoms with E-state index in [1.165, 1.54) is 18.3 Å². The number of phenolic OH excluding ortho intramolecular Hbond substituents is 1. The Morgan fingerprint density at radius 3 is 2.71 bits per heavy atom. The fourth-order valence-electron chi connectivity index (χ4n) is 3.67. The highest BCUT2D eigenvalue weighted by Gasteiger charge is 2.16. The van der Waals surface area contributed by atoms with Crippen LogP contribution in [0.4, 0.5) is 11.4 Å². The molecule has 34 heavy (non-hydrogen) atoms. The maximum Gasteiger partial charge on any atom is 0.274 e. The second kappa shape index (κ2) is 8.67. The molecule has 8 heteroatoms. The quantitative estimate of drug-likeness (QED) is 0.181. The highest BCUT2D eigenvalue weighted by Crippen LogP contribution is 2.34. The molecule has 168 valence electrons. The van der Waals surface area contributed by atoms with Gasteiger partial charge in [-0.1, -0.05) is 30.3 Å². The Morgan fingerprint density at radius 2 is 1.91 bits per heavy atom. The van der Waals surface area contributed by atoms with E-state index in [1.54, 1.807) is 25.1 Å². The van der Waals surface area contributed by atoms with Crippen molar-refractivity contribution >= 4 is 39.5 Å². The van der Waals surface area contributed by atoms with Gasteiger partial charge in [0.15, 0.2) is 17.1 Å². The molecule has 4 aromatic carbocycles. The van der Waals surface area contributed by atoms with Gasteiger partial charge in [-0.15, -0.1) is 0 Å². The zero-order valence-electron chi connectivity index (χ0n) is 18.1. The molecule has 0 amide bonds. The predicted molar refractivity (Wildman–Crippen MR) is 130 cm³/mol. The molecule has 0 aliphatic heterocycles. The third kappa shape index (κ3) is 4.04. The Bertz CT molecular complexity index is 1570. The SMILES string of the molecule is CCOc1cc([N+](=O)[O-])cc(C=Nc2ccc3oc(-c4ccc5ccccc5c4)nc3c2)c1O. The lowest BCUT2D eigenvalue weighted by molar-refractivity contribution is -0.385. The summed E-state index contributed by atoms with van der Waals surface area (Å²) in [4.78, 5) is 19.7. The van der Waals surface area contributed by atoms with Crippen LogP contribution < -0.4 is 4.74 Å². The minimum Gasteiger partial charge on any atom is -0.504 e. The maximum atomic E-state index is 11.2. The van der Waals surface area contributed by atoms with Crippen molar-refractivity contribution in [2.75, 3.05) is 6.61 Å². The number of phenols is 1. The van der Waals surface area contributed by atoms with Gasteiger partial charge in [-0.3, -0.25) is 15.1 Å². The summed E-state index contributed by atoms with van der Waals surface area (Å²) in [6.07, 6.45) is 1.36. The topological polar surface area (TPSA) is 111 Å². The molecule has 5 aromatic rings. The molecule has 1 N–H and O–H groups in total. The van der Waals surface area contributed by atoms with Crippen molar-refractivity contribution in [3.8, 4) is 23.0 Å². The van der Waals surface area contributed by atoms with Crippen molar-refractivity contribution < 1.29 is 19.2 Å². The number of ether oxygens (including phenoxy) is 1. The number of non-ortho nitro benzene ring substituents is 1. The zero-order valence-corrected chi connectivity index (χ0v) is 18.1. The van der Waals surface area contributed by atoms with Gasteiger partial charge in [0.1, 0.15) is 5.52 Å². The maximum absolute atomic E-state index is 11.2. The van der Waals surface area contributed by atoms with Gasteiger partial charge >= 0.3 is 0 Å². The minimum atomic E-state index is -0.547. The van der Waals surface area contributed by atoms with Gasteiger partial charge in [-0.25, -0.2) is 4.98 Å². The molecule has 0 atom stereocenters. The second-order valence-electron chi connectivity index (χ2n) is 7.56. The van der Waals surface area contributed by atoms with Crippen LogP contribution in [0.2, 0.25) is 0 Å². The molecule has 0 aliphatic carbocycles. The fourth-order valence-corrected chi connectivity index (χ4v) is 3.67. The lowest BCUT2D eigenvalue weighted by atomic mass is 10.1. The van der Waals surface area contributed by atoms with Gasteiger partial charge in [0.05, 0.1) is 23.3 Å². The number of hydrogen-bond acceptors (Lipinski definition) is 7. The van der Waals surface area contributed by atoms with Crippen molar-refractivity contribution in [3.05, 3.63) is 88.5 Å². The summed E-state index contributed by atoms with van der Waals surface area (Å²) in [5.74, 6) is 0.321. The Morgan fingerprint density at radius 1 is 1.09 bits per heavy atom. The van der Waals surface area contributed by atoms with Crippen LogP contribution >= 0.6 is 0 Å². The fraction of sp³-hybridized carbons (Fsp3) is 0.0769. The minimum absolute atomic E-state index is 0.0325. The van der Waals surface area contributed by atoms with Crippen LogP contribution in [0.15, 0.2) is 82.2 Å². The number of aromatic hydroxyl groups is 1. The molecular formula is C26H19N3O5. The zero-order chi connectivity index (χ0) is 23.7. The van der Waals surface area contributed by atoms with Crippen LogP contribution in [-0.2, 0) is 0 Å². The molecule has 8 nitrogen and oxygen atoms in total. The van der Waals surface area contributed by atoms with Gasteiger partial charge in [0, 0.05) is 23.4 Å². The van der Waals surface area contributed by atoms with Crippen LogP contribution in [-0.4, -0.2) is 27.8 Å². The summed E-state index contributed by atoms with van der Waals surface area (Å²) in [6, 6.07) is 21.8. The molecule has 0 saturated heterocycles. The number of aromatic nitrogens is 1.